The number of nitro benzene ring substituents is 1. The highest BCUT2D eigenvalue weighted by Crippen LogP contribution is 2.23. The summed E-state index contributed by atoms with van der Waals surface area (Å²) in [5.74, 6) is 0. The number of benzene rings is 2. The van der Waals surface area contributed by atoms with Crippen LogP contribution in [0.1, 0.15) is 0 Å². The van der Waals surface area contributed by atoms with Gasteiger partial charge in [-0.3, -0.25) is 19.6 Å². The number of anilines is 1. The summed E-state index contributed by atoms with van der Waals surface area (Å²) in [7, 11) is -2.44. The summed E-state index contributed by atoms with van der Waals surface area (Å²) in [5, 5.41) is 14.9. The van der Waals surface area contributed by atoms with Gasteiger partial charge in [0.25, 0.3) is 21.3 Å². The zero-order chi connectivity index (χ0) is 19.6. The van der Waals surface area contributed by atoms with E-state index in [4.69, 9.17) is 0 Å². The Morgan fingerprint density at radius 1 is 1.07 bits per heavy atom. The van der Waals surface area contributed by atoms with Crippen molar-refractivity contribution in [2.75, 3.05) is 4.72 Å². The van der Waals surface area contributed by atoms with Crippen LogP contribution in [0, 0.1) is 10.1 Å². The third-order valence-electron chi connectivity index (χ3n) is 3.73. The Morgan fingerprint density at radius 2 is 1.78 bits per heavy atom. The van der Waals surface area contributed by atoms with Crippen LogP contribution in [-0.4, -0.2) is 23.1 Å². The molecule has 0 atom stereocenters. The number of hydrogen-bond donors (Lipinski definition) is 1. The van der Waals surface area contributed by atoms with Gasteiger partial charge in [-0.15, -0.1) is 0 Å². The lowest BCUT2D eigenvalue weighted by Gasteiger charge is -2.09. The molecule has 0 saturated carbocycles. The lowest BCUT2D eigenvalue weighted by atomic mass is 10.1. The van der Waals surface area contributed by atoms with Crippen LogP contribution in [0.25, 0.3) is 11.3 Å². The summed E-state index contributed by atoms with van der Waals surface area (Å²) >= 11 is 0. The molecule has 0 aliphatic heterocycles. The van der Waals surface area contributed by atoms with Gasteiger partial charge in [0.05, 0.1) is 15.5 Å². The molecule has 0 saturated heterocycles. The van der Waals surface area contributed by atoms with Gasteiger partial charge in [0.2, 0.25) is 0 Å². The topological polar surface area (TPSA) is 124 Å². The number of aromatic nitrogens is 2. The molecule has 1 heterocycles. The second kappa shape index (κ2) is 7.00. The van der Waals surface area contributed by atoms with Crippen LogP contribution in [0.2, 0.25) is 0 Å². The third kappa shape index (κ3) is 4.01. The number of nitrogens with zero attached hydrogens (tertiary/aromatic N) is 3. The zero-order valence-corrected chi connectivity index (χ0v) is 14.9. The van der Waals surface area contributed by atoms with Crippen molar-refractivity contribution in [1.29, 1.82) is 0 Å². The second-order valence-electron chi connectivity index (χ2n) is 5.62. The van der Waals surface area contributed by atoms with Crippen LogP contribution < -0.4 is 10.3 Å². The lowest BCUT2D eigenvalue weighted by molar-refractivity contribution is -0.385. The molecule has 0 spiro atoms. The van der Waals surface area contributed by atoms with Gasteiger partial charge in [0, 0.05) is 36.5 Å². The van der Waals surface area contributed by atoms with E-state index < -0.39 is 14.9 Å². The summed E-state index contributed by atoms with van der Waals surface area (Å²) < 4.78 is 28.4. The first-order valence-corrected chi connectivity index (χ1v) is 9.17. The Bertz CT molecular complexity index is 1170. The van der Waals surface area contributed by atoms with Crippen LogP contribution >= 0.6 is 0 Å². The van der Waals surface area contributed by atoms with E-state index in [2.05, 4.69) is 9.82 Å². The average molecular weight is 386 g/mol. The van der Waals surface area contributed by atoms with Gasteiger partial charge in [-0.2, -0.15) is 5.10 Å². The highest BCUT2D eigenvalue weighted by atomic mass is 32.2. The molecule has 1 aromatic heterocycles. The number of rotatable bonds is 5. The minimum absolute atomic E-state index is 0.208. The lowest BCUT2D eigenvalue weighted by Crippen LogP contribution is -2.18. The fraction of sp³-hybridized carbons (Fsp3) is 0.0588. The van der Waals surface area contributed by atoms with Gasteiger partial charge in [-0.1, -0.05) is 18.2 Å². The number of aryl methyl sites for hydroxylation is 1. The summed E-state index contributed by atoms with van der Waals surface area (Å²) in [4.78, 5) is 21.3. The molecule has 138 valence electrons. The van der Waals surface area contributed by atoms with Crippen molar-refractivity contribution >= 4 is 21.4 Å². The second-order valence-corrected chi connectivity index (χ2v) is 7.30. The predicted molar refractivity (Wildman–Crippen MR) is 98.8 cm³/mol. The first-order valence-electron chi connectivity index (χ1n) is 7.68. The van der Waals surface area contributed by atoms with Gasteiger partial charge in [-0.05, 0) is 24.3 Å². The Kier molecular flexibility index (Phi) is 4.74. The minimum atomic E-state index is -3.97. The Labute approximate surface area is 154 Å². The van der Waals surface area contributed by atoms with Crippen LogP contribution in [0.5, 0.6) is 0 Å². The van der Waals surface area contributed by atoms with Crippen LogP contribution in [0.3, 0.4) is 0 Å². The number of nitrogens with one attached hydrogen (secondary N) is 1. The molecule has 0 fully saturated rings. The molecule has 0 radical (unpaired) electrons. The van der Waals surface area contributed by atoms with Gasteiger partial charge in [0.1, 0.15) is 0 Å². The molecule has 9 nitrogen and oxygen atoms in total. The zero-order valence-electron chi connectivity index (χ0n) is 14.1. The van der Waals surface area contributed by atoms with Gasteiger partial charge < -0.3 is 0 Å². The molecule has 3 aromatic rings. The fourth-order valence-corrected chi connectivity index (χ4v) is 3.44. The van der Waals surface area contributed by atoms with Gasteiger partial charge in [0.15, 0.2) is 0 Å². The molecule has 0 unspecified atom stereocenters. The maximum absolute atomic E-state index is 12.4. The molecule has 0 aliphatic rings. The molecule has 0 amide bonds. The molecule has 3 rings (SSSR count). The van der Waals surface area contributed by atoms with Crippen molar-refractivity contribution in [2.45, 2.75) is 4.90 Å². The van der Waals surface area contributed by atoms with E-state index in [-0.39, 0.29) is 21.8 Å². The fourth-order valence-electron chi connectivity index (χ4n) is 2.34. The van der Waals surface area contributed by atoms with Crippen molar-refractivity contribution in [3.8, 4) is 11.3 Å². The number of nitro groups is 1. The smallest absolute Gasteiger partial charge is 0.270 e. The van der Waals surface area contributed by atoms with E-state index in [1.807, 2.05) is 0 Å². The molecule has 0 aliphatic carbocycles. The maximum Gasteiger partial charge on any atom is 0.270 e. The predicted octanol–water partition coefficient (Wildman–Crippen LogP) is 2.16. The first-order chi connectivity index (χ1) is 12.8. The van der Waals surface area contributed by atoms with Gasteiger partial charge >= 0.3 is 0 Å². The van der Waals surface area contributed by atoms with E-state index in [1.165, 1.54) is 48.1 Å². The molecule has 27 heavy (non-hydrogen) atoms. The van der Waals surface area contributed by atoms with Crippen molar-refractivity contribution in [3.63, 3.8) is 0 Å². The standard InChI is InChI=1S/C17H14N4O5S/c1-20-17(22)10-9-16(18-20)12-5-7-13(8-6-12)19-27(25,26)15-4-2-3-14(11-15)21(23)24/h2-11,19H,1H3. The van der Waals surface area contributed by atoms with Crippen LogP contribution in [0.4, 0.5) is 11.4 Å². The SMILES string of the molecule is Cn1nc(-c2ccc(NS(=O)(=O)c3cccc([N+](=O)[O-])c3)cc2)ccc1=O. The number of non-ortho nitro benzene ring substituents is 1. The normalized spacial score (nSPS) is 11.1. The molecule has 0 bridgehead atoms. The van der Waals surface area contributed by atoms with E-state index in [1.54, 1.807) is 18.2 Å². The van der Waals surface area contributed by atoms with Crippen LogP contribution in [-0.2, 0) is 17.1 Å². The number of hydrogen-bond acceptors (Lipinski definition) is 6. The summed E-state index contributed by atoms with van der Waals surface area (Å²) in [6.07, 6.45) is 0. The van der Waals surface area contributed by atoms with Crippen LogP contribution in [0.15, 0.2) is 70.4 Å². The number of sulfonamides is 1. The molecule has 10 heteroatoms. The Balaban J connectivity index is 1.85. The average Bonchev–Trinajstić information content (AvgIpc) is 2.64. The Morgan fingerprint density at radius 3 is 2.41 bits per heavy atom. The summed E-state index contributed by atoms with van der Waals surface area (Å²) in [6, 6.07) is 14.1. The molecule has 1 N–H and O–H groups in total. The molecular formula is C17H14N4O5S. The quantitative estimate of drug-likeness (QED) is 0.529. The first kappa shape index (κ1) is 18.3. The van der Waals surface area contributed by atoms with Crippen molar-refractivity contribution in [1.82, 2.24) is 9.78 Å². The molecule has 2 aromatic carbocycles. The summed E-state index contributed by atoms with van der Waals surface area (Å²) in [6.45, 7) is 0. The monoisotopic (exact) mass is 386 g/mol. The van der Waals surface area contributed by atoms with E-state index >= 15 is 0 Å². The van der Waals surface area contributed by atoms with Crippen molar-refractivity contribution in [2.24, 2.45) is 7.05 Å². The largest absolute Gasteiger partial charge is 0.280 e. The van der Waals surface area contributed by atoms with E-state index in [9.17, 15) is 23.3 Å². The van der Waals surface area contributed by atoms with Gasteiger partial charge in [-0.25, -0.2) is 13.1 Å². The van der Waals surface area contributed by atoms with Crippen molar-refractivity contribution in [3.05, 3.63) is 81.1 Å². The Hall–Kier alpha value is -3.53. The van der Waals surface area contributed by atoms with E-state index in [0.717, 1.165) is 6.07 Å². The van der Waals surface area contributed by atoms with Crippen molar-refractivity contribution < 1.29 is 13.3 Å². The maximum atomic E-state index is 12.4. The molecular weight excluding hydrogens is 372 g/mol. The van der Waals surface area contributed by atoms with E-state index in [0.29, 0.717) is 11.3 Å². The highest BCUT2D eigenvalue weighted by molar-refractivity contribution is 7.92. The highest BCUT2D eigenvalue weighted by Gasteiger charge is 2.17. The summed E-state index contributed by atoms with van der Waals surface area (Å²) in [5.41, 5.74) is 0.998. The minimum Gasteiger partial charge on any atom is -0.280 e. The third-order valence-corrected chi connectivity index (χ3v) is 5.11.